The van der Waals surface area contributed by atoms with Crippen molar-refractivity contribution in [3.05, 3.63) is 39.9 Å². The van der Waals surface area contributed by atoms with Crippen LogP contribution in [0, 0.1) is 0 Å². The largest absolute Gasteiger partial charge is 0.346 e. The van der Waals surface area contributed by atoms with E-state index in [9.17, 15) is 4.79 Å². The molecule has 0 unspecified atom stereocenters. The van der Waals surface area contributed by atoms with E-state index < -0.39 is 0 Å². The summed E-state index contributed by atoms with van der Waals surface area (Å²) >= 11 is 1.64. The molecule has 2 aromatic heterocycles. The van der Waals surface area contributed by atoms with Crippen LogP contribution in [0.3, 0.4) is 0 Å². The summed E-state index contributed by atoms with van der Waals surface area (Å²) < 4.78 is 0. The zero-order valence-corrected chi connectivity index (χ0v) is 12.5. The molecule has 2 rings (SSSR count). The first-order valence-corrected chi connectivity index (χ1v) is 7.63. The molecule has 0 saturated carbocycles. The highest BCUT2D eigenvalue weighted by Gasteiger charge is 2.08. The number of aryl methyl sites for hydroxylation is 2. The smallest absolute Gasteiger partial charge is 0.254 e. The van der Waals surface area contributed by atoms with Crippen LogP contribution in [0.25, 0.3) is 0 Å². The summed E-state index contributed by atoms with van der Waals surface area (Å²) in [7, 11) is 0. The zero-order valence-electron chi connectivity index (χ0n) is 11.7. The van der Waals surface area contributed by atoms with Crippen molar-refractivity contribution < 1.29 is 4.79 Å². The van der Waals surface area contributed by atoms with Gasteiger partial charge in [0.25, 0.3) is 5.91 Å². The van der Waals surface area contributed by atoms with E-state index in [1.54, 1.807) is 23.7 Å². The number of rotatable bonds is 6. The number of amides is 1. The predicted molar refractivity (Wildman–Crippen MR) is 78.7 cm³/mol. The van der Waals surface area contributed by atoms with Gasteiger partial charge >= 0.3 is 0 Å². The lowest BCUT2D eigenvalue weighted by Gasteiger charge is -2.03. The highest BCUT2D eigenvalue weighted by Crippen LogP contribution is 2.11. The predicted octanol–water partition coefficient (Wildman–Crippen LogP) is 2.38. The Morgan fingerprint density at radius 3 is 2.70 bits per heavy atom. The van der Waals surface area contributed by atoms with Crippen LogP contribution in [-0.2, 0) is 19.4 Å². The fraction of sp³-hybridized carbons (Fsp3) is 0.429. The zero-order chi connectivity index (χ0) is 14.4. The Hall–Kier alpha value is -1.82. The van der Waals surface area contributed by atoms with Gasteiger partial charge in [0.15, 0.2) is 0 Å². The first kappa shape index (κ1) is 14.6. The molecule has 0 aliphatic heterocycles. The lowest BCUT2D eigenvalue weighted by Crippen LogP contribution is -2.23. The van der Waals surface area contributed by atoms with E-state index in [0.29, 0.717) is 12.1 Å². The second kappa shape index (κ2) is 7.09. The minimum absolute atomic E-state index is 0.169. The summed E-state index contributed by atoms with van der Waals surface area (Å²) in [5, 5.41) is 5.94. The van der Waals surface area contributed by atoms with Gasteiger partial charge in [-0.15, -0.1) is 11.3 Å². The molecule has 0 fully saturated rings. The molecule has 0 bridgehead atoms. The summed E-state index contributed by atoms with van der Waals surface area (Å²) in [6, 6.07) is 0. The van der Waals surface area contributed by atoms with Gasteiger partial charge in [-0.3, -0.25) is 4.79 Å². The fourth-order valence-electron chi connectivity index (χ4n) is 1.69. The summed E-state index contributed by atoms with van der Waals surface area (Å²) in [6.07, 6.45) is 5.96. The maximum atomic E-state index is 11.9. The van der Waals surface area contributed by atoms with Crippen LogP contribution in [0.15, 0.2) is 17.8 Å². The molecule has 0 aliphatic rings. The van der Waals surface area contributed by atoms with Gasteiger partial charge in [0.2, 0.25) is 0 Å². The molecular weight excluding hydrogens is 272 g/mol. The van der Waals surface area contributed by atoms with Crippen molar-refractivity contribution in [1.29, 1.82) is 0 Å². The molecule has 0 saturated heterocycles. The quantitative estimate of drug-likeness (QED) is 0.887. The van der Waals surface area contributed by atoms with E-state index in [-0.39, 0.29) is 5.91 Å². The maximum absolute atomic E-state index is 11.9. The number of aromatic nitrogens is 3. The Balaban J connectivity index is 1.90. The minimum Gasteiger partial charge on any atom is -0.346 e. The fourth-order valence-corrected chi connectivity index (χ4v) is 2.59. The third-order valence-corrected chi connectivity index (χ3v) is 3.73. The van der Waals surface area contributed by atoms with Gasteiger partial charge in [-0.25, -0.2) is 15.0 Å². The van der Waals surface area contributed by atoms with E-state index in [2.05, 4.69) is 27.2 Å². The molecule has 106 valence electrons. The Kier molecular flexibility index (Phi) is 5.17. The summed E-state index contributed by atoms with van der Waals surface area (Å²) in [6.45, 7) is 4.54. The molecular formula is C14H18N4OS. The van der Waals surface area contributed by atoms with Crippen LogP contribution < -0.4 is 5.32 Å². The van der Waals surface area contributed by atoms with Crippen molar-refractivity contribution in [2.75, 3.05) is 0 Å². The molecule has 0 spiro atoms. The van der Waals surface area contributed by atoms with Crippen molar-refractivity contribution in [3.8, 4) is 0 Å². The Morgan fingerprint density at radius 2 is 2.05 bits per heavy atom. The first-order chi connectivity index (χ1) is 9.72. The number of carbonyl (C=O) groups is 1. The number of nitrogens with zero attached hydrogens (tertiary/aromatic N) is 3. The number of thiazole rings is 1. The highest BCUT2D eigenvalue weighted by atomic mass is 32.1. The molecule has 2 heterocycles. The number of hydrogen-bond donors (Lipinski definition) is 1. The Morgan fingerprint density at radius 1 is 1.30 bits per heavy atom. The van der Waals surface area contributed by atoms with Crippen molar-refractivity contribution in [2.45, 2.75) is 39.7 Å². The van der Waals surface area contributed by atoms with Crippen LogP contribution in [0.4, 0.5) is 0 Å². The van der Waals surface area contributed by atoms with Gasteiger partial charge in [-0.1, -0.05) is 13.8 Å². The summed E-state index contributed by atoms with van der Waals surface area (Å²) in [5.74, 6) is 0.572. The lowest BCUT2D eigenvalue weighted by atomic mass is 10.3. The topological polar surface area (TPSA) is 67.8 Å². The Labute approximate surface area is 122 Å². The minimum atomic E-state index is -0.169. The third-order valence-electron chi connectivity index (χ3n) is 2.78. The second-order valence-corrected chi connectivity index (χ2v) is 5.35. The second-order valence-electron chi connectivity index (χ2n) is 4.41. The normalized spacial score (nSPS) is 10.5. The van der Waals surface area contributed by atoms with Crippen molar-refractivity contribution >= 4 is 17.2 Å². The van der Waals surface area contributed by atoms with Crippen molar-refractivity contribution in [1.82, 2.24) is 20.3 Å². The first-order valence-electron chi connectivity index (χ1n) is 6.75. The number of hydrogen-bond acceptors (Lipinski definition) is 5. The highest BCUT2D eigenvalue weighted by molar-refractivity contribution is 7.09. The van der Waals surface area contributed by atoms with Crippen LogP contribution in [0.5, 0.6) is 0 Å². The molecule has 1 N–H and O–H groups in total. The van der Waals surface area contributed by atoms with Gasteiger partial charge in [-0.2, -0.15) is 0 Å². The van der Waals surface area contributed by atoms with Crippen molar-refractivity contribution in [3.63, 3.8) is 0 Å². The summed E-state index contributed by atoms with van der Waals surface area (Å²) in [4.78, 5) is 24.6. The average Bonchev–Trinajstić information content (AvgIpc) is 2.93. The van der Waals surface area contributed by atoms with Gasteiger partial charge < -0.3 is 5.32 Å². The lowest BCUT2D eigenvalue weighted by molar-refractivity contribution is 0.0949. The maximum Gasteiger partial charge on any atom is 0.254 e. The van der Waals surface area contributed by atoms with E-state index in [1.807, 2.05) is 12.3 Å². The molecule has 0 aromatic carbocycles. The molecule has 5 nitrogen and oxygen atoms in total. The standard InChI is InChI=1S/C14H18N4OS/c1-3-5-13-18-11(9-20-13)8-17-14(19)10-6-15-12(4-2)16-7-10/h6-7,9H,3-5,8H2,1-2H3,(H,17,19). The number of carbonyl (C=O) groups excluding carboxylic acids is 1. The van der Waals surface area contributed by atoms with Gasteiger partial charge in [0.1, 0.15) is 5.82 Å². The molecule has 6 heteroatoms. The van der Waals surface area contributed by atoms with Crippen LogP contribution >= 0.6 is 11.3 Å². The summed E-state index contributed by atoms with van der Waals surface area (Å²) in [5.41, 5.74) is 1.38. The van der Waals surface area contributed by atoms with E-state index in [0.717, 1.165) is 35.8 Å². The molecule has 0 aliphatic carbocycles. The molecule has 20 heavy (non-hydrogen) atoms. The van der Waals surface area contributed by atoms with E-state index in [1.165, 1.54) is 0 Å². The SMILES string of the molecule is CCCc1nc(CNC(=O)c2cnc(CC)nc2)cs1. The van der Waals surface area contributed by atoms with E-state index >= 15 is 0 Å². The van der Waals surface area contributed by atoms with E-state index in [4.69, 9.17) is 0 Å². The molecule has 2 aromatic rings. The number of nitrogens with one attached hydrogen (secondary N) is 1. The van der Waals surface area contributed by atoms with Crippen molar-refractivity contribution in [2.24, 2.45) is 0 Å². The molecule has 0 atom stereocenters. The monoisotopic (exact) mass is 290 g/mol. The van der Waals surface area contributed by atoms with Gasteiger partial charge in [0, 0.05) is 24.2 Å². The van der Waals surface area contributed by atoms with Crippen LogP contribution in [-0.4, -0.2) is 20.9 Å². The van der Waals surface area contributed by atoms with Gasteiger partial charge in [0.05, 0.1) is 22.8 Å². The average molecular weight is 290 g/mol. The molecule has 0 radical (unpaired) electrons. The third kappa shape index (κ3) is 3.84. The Bertz CT molecular complexity index is 565. The van der Waals surface area contributed by atoms with Crippen LogP contribution in [0.2, 0.25) is 0 Å². The molecule has 1 amide bonds. The van der Waals surface area contributed by atoms with Gasteiger partial charge in [-0.05, 0) is 12.8 Å². The van der Waals surface area contributed by atoms with Crippen LogP contribution in [0.1, 0.15) is 47.2 Å².